The number of benzene rings is 2. The Morgan fingerprint density at radius 1 is 1.07 bits per heavy atom. The van der Waals surface area contributed by atoms with Crippen LogP contribution < -0.4 is 10.2 Å². The number of hydrogen-bond donors (Lipinski definition) is 1. The van der Waals surface area contributed by atoms with Crippen molar-refractivity contribution >= 4 is 17.9 Å². The molecule has 0 radical (unpaired) electrons. The van der Waals surface area contributed by atoms with Crippen molar-refractivity contribution in [1.29, 1.82) is 0 Å². The Labute approximate surface area is 168 Å². The lowest BCUT2D eigenvalue weighted by Crippen LogP contribution is -2.40. The summed E-state index contributed by atoms with van der Waals surface area (Å²) >= 11 is 0. The lowest BCUT2D eigenvalue weighted by Gasteiger charge is -2.33. The Kier molecular flexibility index (Phi) is 5.65. The van der Waals surface area contributed by atoms with Gasteiger partial charge in [-0.3, -0.25) is 9.59 Å². The van der Waals surface area contributed by atoms with Crippen LogP contribution in [0.4, 0.5) is 5.69 Å². The van der Waals surface area contributed by atoms with E-state index in [-0.39, 0.29) is 18.4 Å². The van der Waals surface area contributed by atoms with E-state index in [9.17, 15) is 9.59 Å². The minimum absolute atomic E-state index is 0.0143. The second-order valence-corrected chi connectivity index (χ2v) is 7.06. The van der Waals surface area contributed by atoms with Gasteiger partial charge in [0.15, 0.2) is 0 Å². The molecule has 3 aromatic rings. The molecule has 2 aromatic carbocycles. The maximum Gasteiger partial charge on any atom is 0.247 e. The molecule has 7 nitrogen and oxygen atoms in total. The fraction of sp³-hybridized carbons (Fsp3) is 0.273. The van der Waals surface area contributed by atoms with E-state index >= 15 is 0 Å². The van der Waals surface area contributed by atoms with Crippen molar-refractivity contribution in [3.8, 4) is 11.5 Å². The highest BCUT2D eigenvalue weighted by Crippen LogP contribution is 2.24. The molecular weight excluding hydrogens is 368 g/mol. The maximum absolute atomic E-state index is 12.5. The van der Waals surface area contributed by atoms with Crippen LogP contribution in [0.3, 0.4) is 0 Å². The van der Waals surface area contributed by atoms with Gasteiger partial charge in [0.2, 0.25) is 17.7 Å². The molecule has 1 aromatic heterocycles. The molecule has 1 amide bonds. The van der Waals surface area contributed by atoms with Gasteiger partial charge in [-0.15, -0.1) is 10.2 Å². The van der Waals surface area contributed by atoms with E-state index in [0.29, 0.717) is 17.3 Å². The fourth-order valence-electron chi connectivity index (χ4n) is 3.49. The van der Waals surface area contributed by atoms with Gasteiger partial charge in [-0.1, -0.05) is 18.2 Å². The highest BCUT2D eigenvalue weighted by atomic mass is 16.4. The summed E-state index contributed by atoms with van der Waals surface area (Å²) in [5.41, 5.74) is 2.60. The first-order valence-corrected chi connectivity index (χ1v) is 9.68. The number of aromatic nitrogens is 2. The summed E-state index contributed by atoms with van der Waals surface area (Å²) in [6.45, 7) is 1.83. The Morgan fingerprint density at radius 2 is 1.79 bits per heavy atom. The second-order valence-electron chi connectivity index (χ2n) is 7.06. The van der Waals surface area contributed by atoms with E-state index in [4.69, 9.17) is 4.42 Å². The number of hydrogen-bond acceptors (Lipinski definition) is 6. The molecule has 0 spiro atoms. The summed E-state index contributed by atoms with van der Waals surface area (Å²) in [6, 6.07) is 17.1. The van der Waals surface area contributed by atoms with Crippen molar-refractivity contribution in [2.24, 2.45) is 5.92 Å². The average molecular weight is 390 g/mol. The van der Waals surface area contributed by atoms with Crippen molar-refractivity contribution in [2.75, 3.05) is 18.0 Å². The zero-order valence-electron chi connectivity index (χ0n) is 16.0. The Bertz CT molecular complexity index is 961. The molecule has 0 bridgehead atoms. The minimum Gasteiger partial charge on any atom is -0.419 e. The molecule has 1 N–H and O–H groups in total. The van der Waals surface area contributed by atoms with E-state index in [0.717, 1.165) is 43.5 Å². The van der Waals surface area contributed by atoms with Crippen LogP contribution in [0.5, 0.6) is 0 Å². The third kappa shape index (κ3) is 4.51. The zero-order chi connectivity index (χ0) is 20.1. The van der Waals surface area contributed by atoms with Gasteiger partial charge >= 0.3 is 0 Å². The summed E-state index contributed by atoms with van der Waals surface area (Å²) in [5, 5.41) is 11.0. The number of carbonyl (C=O) groups excluding carboxylic acids is 2. The van der Waals surface area contributed by atoms with E-state index in [1.54, 1.807) is 0 Å². The van der Waals surface area contributed by atoms with Gasteiger partial charge < -0.3 is 14.6 Å². The van der Waals surface area contributed by atoms with Crippen molar-refractivity contribution in [3.63, 3.8) is 0 Å². The Balaban J connectivity index is 1.27. The SMILES string of the molecule is O=Cc1ccc(N2CCC(C(=O)NCc3nnc(-c4ccccc4)o3)CC2)cc1. The van der Waals surface area contributed by atoms with E-state index < -0.39 is 0 Å². The number of amides is 1. The first kappa shape index (κ1) is 18.9. The zero-order valence-corrected chi connectivity index (χ0v) is 16.0. The van der Waals surface area contributed by atoms with Crippen LogP contribution >= 0.6 is 0 Å². The van der Waals surface area contributed by atoms with E-state index in [1.807, 2.05) is 54.6 Å². The van der Waals surface area contributed by atoms with Gasteiger partial charge in [0.1, 0.15) is 6.29 Å². The first-order valence-electron chi connectivity index (χ1n) is 9.68. The van der Waals surface area contributed by atoms with Gasteiger partial charge in [-0.05, 0) is 49.2 Å². The van der Waals surface area contributed by atoms with Gasteiger partial charge in [0, 0.05) is 35.8 Å². The predicted molar refractivity (Wildman–Crippen MR) is 108 cm³/mol. The topological polar surface area (TPSA) is 88.3 Å². The minimum atomic E-state index is -0.0305. The number of nitrogens with one attached hydrogen (secondary N) is 1. The molecule has 2 heterocycles. The van der Waals surface area contributed by atoms with Crippen LogP contribution in [0, 0.1) is 5.92 Å². The molecule has 1 fully saturated rings. The number of carbonyl (C=O) groups is 2. The quantitative estimate of drug-likeness (QED) is 0.651. The van der Waals surface area contributed by atoms with E-state index in [2.05, 4.69) is 20.4 Å². The van der Waals surface area contributed by atoms with Gasteiger partial charge in [0.25, 0.3) is 0 Å². The molecule has 0 unspecified atom stereocenters. The fourth-order valence-corrected chi connectivity index (χ4v) is 3.49. The summed E-state index contributed by atoms with van der Waals surface area (Å²) in [5.74, 6) is 0.825. The molecule has 0 saturated carbocycles. The standard InChI is InChI=1S/C22H22N4O3/c27-15-16-6-8-19(9-7-16)26-12-10-17(11-13-26)21(28)23-14-20-24-25-22(29-20)18-4-2-1-3-5-18/h1-9,15,17H,10-14H2,(H,23,28). The van der Waals surface area contributed by atoms with Crippen molar-refractivity contribution in [3.05, 3.63) is 66.1 Å². The predicted octanol–water partition coefficient (Wildman–Crippen LogP) is 3.08. The number of piperidine rings is 1. The summed E-state index contributed by atoms with van der Waals surface area (Å²) in [4.78, 5) is 25.5. The Morgan fingerprint density at radius 3 is 2.48 bits per heavy atom. The van der Waals surface area contributed by atoms with Crippen LogP contribution in [-0.2, 0) is 11.3 Å². The lowest BCUT2D eigenvalue weighted by atomic mass is 9.95. The number of nitrogens with zero attached hydrogens (tertiary/aromatic N) is 3. The van der Waals surface area contributed by atoms with Crippen LogP contribution in [-0.4, -0.2) is 35.5 Å². The average Bonchev–Trinajstić information content (AvgIpc) is 3.27. The second kappa shape index (κ2) is 8.68. The monoisotopic (exact) mass is 390 g/mol. The highest BCUT2D eigenvalue weighted by molar-refractivity contribution is 5.79. The summed E-state index contributed by atoms with van der Waals surface area (Å²) < 4.78 is 5.63. The van der Waals surface area contributed by atoms with Crippen molar-refractivity contribution in [2.45, 2.75) is 19.4 Å². The molecule has 7 heteroatoms. The van der Waals surface area contributed by atoms with Crippen LogP contribution in [0.15, 0.2) is 59.0 Å². The van der Waals surface area contributed by atoms with E-state index in [1.165, 1.54) is 0 Å². The summed E-state index contributed by atoms with van der Waals surface area (Å²) in [7, 11) is 0. The van der Waals surface area contributed by atoms with Crippen molar-refractivity contribution in [1.82, 2.24) is 15.5 Å². The molecule has 4 rings (SSSR count). The Hall–Kier alpha value is -3.48. The van der Waals surface area contributed by atoms with Crippen molar-refractivity contribution < 1.29 is 14.0 Å². The van der Waals surface area contributed by atoms with Crippen LogP contribution in [0.25, 0.3) is 11.5 Å². The maximum atomic E-state index is 12.5. The smallest absolute Gasteiger partial charge is 0.247 e. The van der Waals surface area contributed by atoms with Crippen LogP contribution in [0.2, 0.25) is 0 Å². The number of anilines is 1. The summed E-state index contributed by atoms with van der Waals surface area (Å²) in [6.07, 6.45) is 2.40. The molecular formula is C22H22N4O3. The number of aldehydes is 1. The molecule has 1 aliphatic heterocycles. The molecule has 148 valence electrons. The lowest BCUT2D eigenvalue weighted by molar-refractivity contribution is -0.125. The van der Waals surface area contributed by atoms with Gasteiger partial charge in [-0.25, -0.2) is 0 Å². The normalized spacial score (nSPS) is 14.6. The molecule has 29 heavy (non-hydrogen) atoms. The highest BCUT2D eigenvalue weighted by Gasteiger charge is 2.25. The third-order valence-corrected chi connectivity index (χ3v) is 5.16. The number of rotatable bonds is 6. The molecule has 0 aliphatic carbocycles. The molecule has 0 atom stereocenters. The molecule has 1 saturated heterocycles. The van der Waals surface area contributed by atoms with Gasteiger partial charge in [-0.2, -0.15) is 0 Å². The largest absolute Gasteiger partial charge is 0.419 e. The molecule has 1 aliphatic rings. The first-order chi connectivity index (χ1) is 14.2. The van der Waals surface area contributed by atoms with Gasteiger partial charge in [0.05, 0.1) is 6.54 Å². The third-order valence-electron chi connectivity index (χ3n) is 5.16. The van der Waals surface area contributed by atoms with Crippen LogP contribution in [0.1, 0.15) is 29.1 Å².